The van der Waals surface area contributed by atoms with Gasteiger partial charge in [-0.15, -0.1) is 0 Å². The summed E-state index contributed by atoms with van der Waals surface area (Å²) in [5.74, 6) is 0.931. The Bertz CT molecular complexity index is 381. The van der Waals surface area contributed by atoms with E-state index in [1.807, 2.05) is 17.8 Å². The molecule has 82 valence electrons. The number of hydrogen-bond acceptors (Lipinski definition) is 2. The van der Waals surface area contributed by atoms with Gasteiger partial charge in [-0.2, -0.15) is 11.8 Å². The molecule has 1 heterocycles. The Balaban J connectivity index is 2.48. The van der Waals surface area contributed by atoms with E-state index in [1.54, 1.807) is 6.07 Å². The molecule has 0 aliphatic carbocycles. The highest BCUT2D eigenvalue weighted by Gasteiger charge is 2.22. The first kappa shape index (κ1) is 11.6. The maximum Gasteiger partial charge on any atom is 0.0464 e. The minimum atomic E-state index is 0.0567. The summed E-state index contributed by atoms with van der Waals surface area (Å²) in [6.07, 6.45) is 0.980. The third-order valence-electron chi connectivity index (χ3n) is 2.69. The lowest BCUT2D eigenvalue weighted by Crippen LogP contribution is -2.14. The third-order valence-corrected chi connectivity index (χ3v) is 4.46. The molecule has 1 aromatic rings. The third kappa shape index (κ3) is 2.44. The summed E-state index contributed by atoms with van der Waals surface area (Å²) >= 11 is 14.1. The molecule has 1 aliphatic rings. The SMILES string of the molecule is CC1CC(N)c2cc(Cl)cc(Cl)c2CS1. The van der Waals surface area contributed by atoms with E-state index in [2.05, 4.69) is 6.92 Å². The Morgan fingerprint density at radius 1 is 1.40 bits per heavy atom. The molecule has 2 N–H and O–H groups in total. The van der Waals surface area contributed by atoms with E-state index in [1.165, 1.54) is 0 Å². The molecule has 1 aromatic carbocycles. The van der Waals surface area contributed by atoms with E-state index < -0.39 is 0 Å². The van der Waals surface area contributed by atoms with Crippen molar-refractivity contribution in [3.05, 3.63) is 33.3 Å². The summed E-state index contributed by atoms with van der Waals surface area (Å²) in [5.41, 5.74) is 8.41. The lowest BCUT2D eigenvalue weighted by molar-refractivity contribution is 0.651. The summed E-state index contributed by atoms with van der Waals surface area (Å²) in [6, 6.07) is 3.80. The fourth-order valence-electron chi connectivity index (χ4n) is 1.88. The highest BCUT2D eigenvalue weighted by atomic mass is 35.5. The zero-order valence-electron chi connectivity index (χ0n) is 8.47. The smallest absolute Gasteiger partial charge is 0.0464 e. The molecule has 2 unspecified atom stereocenters. The molecule has 0 bridgehead atoms. The van der Waals surface area contributed by atoms with Crippen LogP contribution in [0.15, 0.2) is 12.1 Å². The van der Waals surface area contributed by atoms with Crippen LogP contribution in [0.2, 0.25) is 10.0 Å². The minimum absolute atomic E-state index is 0.0567. The minimum Gasteiger partial charge on any atom is -0.324 e. The van der Waals surface area contributed by atoms with E-state index in [0.29, 0.717) is 10.3 Å². The van der Waals surface area contributed by atoms with Gasteiger partial charge < -0.3 is 5.73 Å². The molecule has 1 nitrogen and oxygen atoms in total. The number of fused-ring (bicyclic) bond motifs is 1. The van der Waals surface area contributed by atoms with Crippen LogP contribution >= 0.6 is 35.0 Å². The molecule has 0 amide bonds. The Kier molecular flexibility index (Phi) is 3.51. The fourth-order valence-corrected chi connectivity index (χ4v) is 3.66. The quantitative estimate of drug-likeness (QED) is 0.764. The topological polar surface area (TPSA) is 26.0 Å². The van der Waals surface area contributed by atoms with Crippen molar-refractivity contribution in [1.82, 2.24) is 0 Å². The van der Waals surface area contributed by atoms with Crippen LogP contribution in [0, 0.1) is 0 Å². The van der Waals surface area contributed by atoms with Crippen LogP contribution in [0.25, 0.3) is 0 Å². The molecular formula is C11H13Cl2NS. The van der Waals surface area contributed by atoms with Crippen molar-refractivity contribution in [1.29, 1.82) is 0 Å². The van der Waals surface area contributed by atoms with Crippen LogP contribution in [-0.2, 0) is 5.75 Å². The summed E-state index contributed by atoms with van der Waals surface area (Å²) < 4.78 is 0. The fraction of sp³-hybridized carbons (Fsp3) is 0.455. The second-order valence-corrected chi connectivity index (χ2v) is 6.19. The molecule has 0 saturated carbocycles. The zero-order valence-corrected chi connectivity index (χ0v) is 10.8. The standard InChI is InChI=1S/C11H13Cl2NS/c1-6-2-11(14)8-3-7(12)4-10(13)9(8)5-15-6/h3-4,6,11H,2,5,14H2,1H3. The van der Waals surface area contributed by atoms with Crippen molar-refractivity contribution >= 4 is 35.0 Å². The summed E-state index contributed by atoms with van der Waals surface area (Å²) in [5, 5.41) is 1.99. The number of benzene rings is 1. The van der Waals surface area contributed by atoms with Crippen LogP contribution in [0.1, 0.15) is 30.5 Å². The van der Waals surface area contributed by atoms with E-state index in [9.17, 15) is 0 Å². The van der Waals surface area contributed by atoms with E-state index in [0.717, 1.165) is 28.3 Å². The van der Waals surface area contributed by atoms with Crippen molar-refractivity contribution in [2.24, 2.45) is 5.73 Å². The zero-order chi connectivity index (χ0) is 11.0. The summed E-state index contributed by atoms with van der Waals surface area (Å²) in [4.78, 5) is 0. The molecule has 0 saturated heterocycles. The second-order valence-electron chi connectivity index (χ2n) is 3.92. The molecule has 0 spiro atoms. The number of nitrogens with two attached hydrogens (primary N) is 1. The number of halogens is 2. The van der Waals surface area contributed by atoms with Crippen molar-refractivity contribution in [2.75, 3.05) is 0 Å². The molecule has 2 rings (SSSR count). The first-order chi connectivity index (χ1) is 7.08. The molecule has 15 heavy (non-hydrogen) atoms. The van der Waals surface area contributed by atoms with Crippen LogP contribution in [0.3, 0.4) is 0 Å². The van der Waals surface area contributed by atoms with Crippen molar-refractivity contribution in [3.8, 4) is 0 Å². The van der Waals surface area contributed by atoms with Gasteiger partial charge in [0.2, 0.25) is 0 Å². The lowest BCUT2D eigenvalue weighted by Gasteiger charge is -2.14. The van der Waals surface area contributed by atoms with Gasteiger partial charge in [-0.05, 0) is 29.7 Å². The average Bonchev–Trinajstić information content (AvgIpc) is 2.27. The lowest BCUT2D eigenvalue weighted by atomic mass is 9.98. The van der Waals surface area contributed by atoms with Gasteiger partial charge in [0.15, 0.2) is 0 Å². The Labute approximate surface area is 104 Å². The molecule has 0 aromatic heterocycles. The normalized spacial score (nSPS) is 25.9. The van der Waals surface area contributed by atoms with Crippen LogP contribution < -0.4 is 5.73 Å². The monoisotopic (exact) mass is 261 g/mol. The van der Waals surface area contributed by atoms with Gasteiger partial charge in [0, 0.05) is 27.1 Å². The van der Waals surface area contributed by atoms with E-state index in [4.69, 9.17) is 28.9 Å². The predicted octanol–water partition coefficient (Wildman–Crippen LogP) is 4.02. The number of rotatable bonds is 0. The molecule has 1 aliphatic heterocycles. The van der Waals surface area contributed by atoms with Crippen LogP contribution in [0.4, 0.5) is 0 Å². The second kappa shape index (κ2) is 4.54. The molecule has 2 atom stereocenters. The van der Waals surface area contributed by atoms with Crippen LogP contribution in [-0.4, -0.2) is 5.25 Å². The Hall–Kier alpha value is 0.110. The van der Waals surface area contributed by atoms with Crippen LogP contribution in [0.5, 0.6) is 0 Å². The molecule has 0 fully saturated rings. The Morgan fingerprint density at radius 2 is 2.13 bits per heavy atom. The van der Waals surface area contributed by atoms with E-state index >= 15 is 0 Å². The van der Waals surface area contributed by atoms with E-state index in [-0.39, 0.29) is 6.04 Å². The molecular weight excluding hydrogens is 249 g/mol. The maximum absolute atomic E-state index is 6.18. The van der Waals surface area contributed by atoms with Crippen molar-refractivity contribution in [3.63, 3.8) is 0 Å². The number of hydrogen-bond donors (Lipinski definition) is 1. The largest absolute Gasteiger partial charge is 0.324 e. The summed E-state index contributed by atoms with van der Waals surface area (Å²) in [6.45, 7) is 2.20. The summed E-state index contributed by atoms with van der Waals surface area (Å²) in [7, 11) is 0. The van der Waals surface area contributed by atoms with Crippen molar-refractivity contribution < 1.29 is 0 Å². The number of thioether (sulfide) groups is 1. The molecule has 4 heteroatoms. The molecule has 0 radical (unpaired) electrons. The highest BCUT2D eigenvalue weighted by molar-refractivity contribution is 7.99. The van der Waals surface area contributed by atoms with Crippen molar-refractivity contribution in [2.45, 2.75) is 30.4 Å². The Morgan fingerprint density at radius 3 is 2.87 bits per heavy atom. The van der Waals surface area contributed by atoms with Gasteiger partial charge in [0.25, 0.3) is 0 Å². The van der Waals surface area contributed by atoms with Gasteiger partial charge in [0.1, 0.15) is 0 Å². The van der Waals surface area contributed by atoms with Gasteiger partial charge in [-0.3, -0.25) is 0 Å². The van der Waals surface area contributed by atoms with Gasteiger partial charge in [0.05, 0.1) is 0 Å². The highest BCUT2D eigenvalue weighted by Crippen LogP contribution is 2.38. The maximum atomic E-state index is 6.18. The van der Waals surface area contributed by atoms with Gasteiger partial charge >= 0.3 is 0 Å². The van der Waals surface area contributed by atoms with Gasteiger partial charge in [-0.25, -0.2) is 0 Å². The predicted molar refractivity (Wildman–Crippen MR) is 68.8 cm³/mol. The first-order valence-corrected chi connectivity index (χ1v) is 6.73. The first-order valence-electron chi connectivity index (χ1n) is 4.93. The van der Waals surface area contributed by atoms with Gasteiger partial charge in [-0.1, -0.05) is 30.1 Å². The average molecular weight is 262 g/mol.